The van der Waals surface area contributed by atoms with E-state index in [1.165, 1.54) is 37.3 Å². The molecule has 2 aromatic carbocycles. The van der Waals surface area contributed by atoms with E-state index < -0.39 is 29.5 Å². The van der Waals surface area contributed by atoms with Gasteiger partial charge in [-0.15, -0.1) is 0 Å². The molecule has 3 rings (SSSR count). The Bertz CT molecular complexity index is 1260. The quantitative estimate of drug-likeness (QED) is 0.317. The number of ketones is 1. The van der Waals surface area contributed by atoms with Gasteiger partial charge in [0.15, 0.2) is 23.4 Å². The standard InChI is InChI=1S/C23H14Cl3F3N2O3/c1-12(21(32)15(10-30)13-6-7-16(24)17(25)8-13)33-19-4-2-3-5-20(19)34-22-18(26)9-14(11-31-22)23(27,28)29/h2-9,11-12,15H,1H3. The summed E-state index contributed by atoms with van der Waals surface area (Å²) in [6.45, 7) is 1.45. The SMILES string of the molecule is CC(Oc1ccccc1Oc1ncc(C(F)(F)F)cc1Cl)C(=O)C(C#N)c1ccc(Cl)c(Cl)c1. The van der Waals surface area contributed by atoms with Gasteiger partial charge in [-0.3, -0.25) is 4.79 Å². The lowest BCUT2D eigenvalue weighted by Crippen LogP contribution is -2.29. The smallest absolute Gasteiger partial charge is 0.417 e. The first-order valence-electron chi connectivity index (χ1n) is 9.55. The van der Waals surface area contributed by atoms with E-state index in [2.05, 4.69) is 4.98 Å². The number of hydrogen-bond acceptors (Lipinski definition) is 5. The van der Waals surface area contributed by atoms with Gasteiger partial charge in [0.1, 0.15) is 10.9 Å². The third kappa shape index (κ3) is 5.92. The highest BCUT2D eigenvalue weighted by Gasteiger charge is 2.32. The third-order valence-electron chi connectivity index (χ3n) is 4.59. The zero-order chi connectivity index (χ0) is 25.0. The van der Waals surface area contributed by atoms with Crippen molar-refractivity contribution in [2.24, 2.45) is 0 Å². The molecule has 0 aliphatic rings. The highest BCUT2D eigenvalue weighted by molar-refractivity contribution is 6.42. The van der Waals surface area contributed by atoms with E-state index in [0.29, 0.717) is 17.8 Å². The van der Waals surface area contributed by atoms with Crippen LogP contribution in [0.4, 0.5) is 13.2 Å². The number of rotatable bonds is 7. The maximum absolute atomic E-state index is 12.9. The molecule has 34 heavy (non-hydrogen) atoms. The van der Waals surface area contributed by atoms with Crippen LogP contribution in [0.3, 0.4) is 0 Å². The Balaban J connectivity index is 1.81. The predicted octanol–water partition coefficient (Wildman–Crippen LogP) is 7.50. The summed E-state index contributed by atoms with van der Waals surface area (Å²) in [6.07, 6.45) is -5.12. The van der Waals surface area contributed by atoms with Crippen LogP contribution in [0.15, 0.2) is 54.7 Å². The second kappa shape index (κ2) is 10.5. The Hall–Kier alpha value is -2.99. The van der Waals surface area contributed by atoms with Crippen LogP contribution in [0.5, 0.6) is 17.4 Å². The second-order valence-corrected chi connectivity index (χ2v) is 8.18. The lowest BCUT2D eigenvalue weighted by molar-refractivity contribution is -0.137. The Morgan fingerprint density at radius 2 is 1.71 bits per heavy atom. The Kier molecular flexibility index (Phi) is 7.93. The van der Waals surface area contributed by atoms with Crippen molar-refractivity contribution in [3.05, 3.63) is 80.9 Å². The Labute approximate surface area is 207 Å². The molecule has 0 saturated carbocycles. The molecule has 5 nitrogen and oxygen atoms in total. The molecule has 1 aromatic heterocycles. The van der Waals surface area contributed by atoms with Crippen molar-refractivity contribution in [3.63, 3.8) is 0 Å². The second-order valence-electron chi connectivity index (χ2n) is 6.96. The number of aromatic nitrogens is 1. The van der Waals surface area contributed by atoms with E-state index >= 15 is 0 Å². The number of nitrogens with zero attached hydrogens (tertiary/aromatic N) is 2. The fourth-order valence-electron chi connectivity index (χ4n) is 2.87. The van der Waals surface area contributed by atoms with Gasteiger partial charge in [-0.1, -0.05) is 53.0 Å². The van der Waals surface area contributed by atoms with Crippen molar-refractivity contribution in [1.29, 1.82) is 5.26 Å². The largest absolute Gasteiger partial charge is 0.479 e. The Morgan fingerprint density at radius 1 is 1.03 bits per heavy atom. The number of carbonyl (C=O) groups excluding carboxylic acids is 1. The average Bonchev–Trinajstić information content (AvgIpc) is 2.78. The molecule has 0 aliphatic heterocycles. The van der Waals surface area contributed by atoms with Gasteiger partial charge in [-0.2, -0.15) is 18.4 Å². The average molecular weight is 530 g/mol. The van der Waals surface area contributed by atoms with E-state index in [1.54, 1.807) is 12.1 Å². The predicted molar refractivity (Wildman–Crippen MR) is 121 cm³/mol. The number of hydrogen-bond donors (Lipinski definition) is 0. The van der Waals surface area contributed by atoms with Crippen molar-refractivity contribution in [2.75, 3.05) is 0 Å². The molecule has 0 radical (unpaired) electrons. The van der Waals surface area contributed by atoms with E-state index in [4.69, 9.17) is 44.3 Å². The van der Waals surface area contributed by atoms with Gasteiger partial charge in [0.25, 0.3) is 0 Å². The van der Waals surface area contributed by atoms with Gasteiger partial charge < -0.3 is 9.47 Å². The first-order valence-corrected chi connectivity index (χ1v) is 10.7. The first kappa shape index (κ1) is 25.6. The molecule has 0 bridgehead atoms. The van der Waals surface area contributed by atoms with Crippen molar-refractivity contribution >= 4 is 40.6 Å². The number of alkyl halides is 3. The summed E-state index contributed by atoms with van der Waals surface area (Å²) >= 11 is 17.8. The van der Waals surface area contributed by atoms with Crippen molar-refractivity contribution in [2.45, 2.75) is 25.1 Å². The van der Waals surface area contributed by atoms with Crippen LogP contribution in [0.2, 0.25) is 15.1 Å². The minimum atomic E-state index is -4.61. The summed E-state index contributed by atoms with van der Waals surface area (Å²) in [5.74, 6) is -1.87. The minimum absolute atomic E-state index is 0.0550. The number of Topliss-reactive ketones (excluding diaryl/α,β-unsaturated/α-hetero) is 1. The fraction of sp³-hybridized carbons (Fsp3) is 0.174. The zero-order valence-corrected chi connectivity index (χ0v) is 19.5. The molecule has 1 heterocycles. The lowest BCUT2D eigenvalue weighted by atomic mass is 9.93. The fourth-order valence-corrected chi connectivity index (χ4v) is 3.38. The van der Waals surface area contributed by atoms with Gasteiger partial charge in [-0.25, -0.2) is 4.98 Å². The number of benzene rings is 2. The number of para-hydroxylation sites is 2. The van der Waals surface area contributed by atoms with Gasteiger partial charge in [-0.05, 0) is 42.8 Å². The molecular formula is C23H14Cl3F3N2O3. The molecule has 11 heteroatoms. The summed E-state index contributed by atoms with van der Waals surface area (Å²) < 4.78 is 49.8. The van der Waals surface area contributed by atoms with Gasteiger partial charge in [0.2, 0.25) is 5.88 Å². The molecule has 0 aliphatic carbocycles. The molecule has 0 spiro atoms. The molecular weight excluding hydrogens is 516 g/mol. The van der Waals surface area contributed by atoms with E-state index in [0.717, 1.165) is 0 Å². The Morgan fingerprint density at radius 3 is 2.29 bits per heavy atom. The summed E-state index contributed by atoms with van der Waals surface area (Å²) in [4.78, 5) is 16.6. The van der Waals surface area contributed by atoms with Crippen LogP contribution in [0, 0.1) is 11.3 Å². The minimum Gasteiger partial charge on any atom is -0.479 e. The van der Waals surface area contributed by atoms with E-state index in [-0.39, 0.29) is 32.4 Å². The van der Waals surface area contributed by atoms with Crippen LogP contribution in [-0.2, 0) is 11.0 Å². The topological polar surface area (TPSA) is 72.2 Å². The number of pyridine rings is 1. The van der Waals surface area contributed by atoms with Crippen molar-refractivity contribution < 1.29 is 27.4 Å². The van der Waals surface area contributed by atoms with Crippen molar-refractivity contribution in [1.82, 2.24) is 4.98 Å². The highest BCUT2D eigenvalue weighted by atomic mass is 35.5. The van der Waals surface area contributed by atoms with Crippen LogP contribution in [0.1, 0.15) is 24.0 Å². The van der Waals surface area contributed by atoms with Crippen LogP contribution in [-0.4, -0.2) is 16.9 Å². The normalized spacial score (nSPS) is 13.0. The van der Waals surface area contributed by atoms with Crippen LogP contribution < -0.4 is 9.47 Å². The molecule has 0 amide bonds. The maximum atomic E-state index is 12.9. The third-order valence-corrected chi connectivity index (χ3v) is 5.60. The zero-order valence-electron chi connectivity index (χ0n) is 17.2. The van der Waals surface area contributed by atoms with Gasteiger partial charge >= 0.3 is 6.18 Å². The van der Waals surface area contributed by atoms with E-state index in [1.807, 2.05) is 6.07 Å². The van der Waals surface area contributed by atoms with Gasteiger partial charge in [0, 0.05) is 6.20 Å². The molecule has 0 N–H and O–H groups in total. The van der Waals surface area contributed by atoms with E-state index in [9.17, 15) is 23.2 Å². The monoisotopic (exact) mass is 528 g/mol. The first-order chi connectivity index (χ1) is 16.0. The molecule has 176 valence electrons. The molecule has 2 atom stereocenters. The maximum Gasteiger partial charge on any atom is 0.417 e. The van der Waals surface area contributed by atoms with Gasteiger partial charge in [0.05, 0.1) is 21.7 Å². The number of nitriles is 1. The van der Waals surface area contributed by atoms with Crippen LogP contribution >= 0.6 is 34.8 Å². The summed E-state index contributed by atoms with van der Waals surface area (Å²) in [6, 6.07) is 13.2. The molecule has 2 unspecified atom stereocenters. The molecule has 0 saturated heterocycles. The number of halogens is 6. The molecule has 0 fully saturated rings. The number of ether oxygens (including phenoxy) is 2. The summed E-state index contributed by atoms with van der Waals surface area (Å²) in [7, 11) is 0. The summed E-state index contributed by atoms with van der Waals surface area (Å²) in [5, 5.41) is 9.66. The lowest BCUT2D eigenvalue weighted by Gasteiger charge is -2.19. The summed E-state index contributed by atoms with van der Waals surface area (Å²) in [5.41, 5.74) is -0.680. The van der Waals surface area contributed by atoms with Crippen molar-refractivity contribution in [3.8, 4) is 23.4 Å². The van der Waals surface area contributed by atoms with Crippen LogP contribution in [0.25, 0.3) is 0 Å². The highest BCUT2D eigenvalue weighted by Crippen LogP contribution is 2.37. The number of carbonyl (C=O) groups is 1. The molecule has 3 aromatic rings.